The summed E-state index contributed by atoms with van der Waals surface area (Å²) in [5.41, 5.74) is 1.35. The summed E-state index contributed by atoms with van der Waals surface area (Å²) >= 11 is 5.96. The maximum absolute atomic E-state index is 12.2. The number of nitrogens with one attached hydrogen (secondary N) is 2. The molecule has 0 spiro atoms. The first kappa shape index (κ1) is 17.8. The zero-order valence-corrected chi connectivity index (χ0v) is 13.8. The summed E-state index contributed by atoms with van der Waals surface area (Å²) < 4.78 is 5.48. The normalized spacial score (nSPS) is 10.7. The van der Waals surface area contributed by atoms with E-state index in [0.29, 0.717) is 29.7 Å². The van der Waals surface area contributed by atoms with Crippen molar-refractivity contribution in [1.82, 2.24) is 5.32 Å². The molecule has 0 bridgehead atoms. The van der Waals surface area contributed by atoms with Crippen LogP contribution >= 0.6 is 11.6 Å². The Morgan fingerprint density at radius 1 is 1.33 bits per heavy atom. The van der Waals surface area contributed by atoms with Gasteiger partial charge in [-0.2, -0.15) is 0 Å². The van der Waals surface area contributed by atoms with Crippen LogP contribution in [0.3, 0.4) is 0 Å². The van der Waals surface area contributed by atoms with E-state index in [0.717, 1.165) is 25.3 Å². The maximum atomic E-state index is 12.2. The molecule has 0 aliphatic heterocycles. The lowest BCUT2D eigenvalue weighted by atomic mass is 10.1. The largest absolute Gasteiger partial charge is 0.385 e. The predicted octanol–water partition coefficient (Wildman–Crippen LogP) is 3.56. The Hall–Kier alpha value is -1.26. The van der Waals surface area contributed by atoms with E-state index in [-0.39, 0.29) is 5.91 Å². The van der Waals surface area contributed by atoms with Crippen LogP contribution in [0.15, 0.2) is 18.2 Å². The molecule has 1 rings (SSSR count). The minimum absolute atomic E-state index is 0.138. The summed E-state index contributed by atoms with van der Waals surface area (Å²) in [6.07, 6.45) is 1.03. The Morgan fingerprint density at radius 2 is 2.10 bits per heavy atom. The molecule has 0 unspecified atom stereocenters. The molecule has 2 N–H and O–H groups in total. The highest BCUT2D eigenvalue weighted by Crippen LogP contribution is 2.20. The Kier molecular flexibility index (Phi) is 8.16. The molecule has 4 nitrogen and oxygen atoms in total. The van der Waals surface area contributed by atoms with E-state index in [9.17, 15) is 4.79 Å². The molecule has 0 atom stereocenters. The van der Waals surface area contributed by atoms with Crippen LogP contribution < -0.4 is 10.6 Å². The van der Waals surface area contributed by atoms with Gasteiger partial charge in [-0.3, -0.25) is 4.79 Å². The van der Waals surface area contributed by atoms with Gasteiger partial charge in [0.2, 0.25) is 0 Å². The van der Waals surface area contributed by atoms with Crippen LogP contribution in [0, 0.1) is 5.92 Å². The first-order chi connectivity index (χ1) is 10.0. The van der Waals surface area contributed by atoms with Crippen LogP contribution in [-0.4, -0.2) is 32.2 Å². The third-order valence-electron chi connectivity index (χ3n) is 2.96. The van der Waals surface area contributed by atoms with Gasteiger partial charge in [0, 0.05) is 30.4 Å². The monoisotopic (exact) mass is 312 g/mol. The summed E-state index contributed by atoms with van der Waals surface area (Å²) in [5.74, 6) is 0.495. The Balaban J connectivity index is 2.42. The van der Waals surface area contributed by atoms with Crippen molar-refractivity contribution in [2.24, 2.45) is 5.92 Å². The van der Waals surface area contributed by atoms with E-state index in [2.05, 4.69) is 24.5 Å². The van der Waals surface area contributed by atoms with Crippen molar-refractivity contribution in [2.75, 3.05) is 31.6 Å². The van der Waals surface area contributed by atoms with Gasteiger partial charge in [-0.25, -0.2) is 0 Å². The molecule has 118 valence electrons. The molecular weight excluding hydrogens is 288 g/mol. The molecule has 0 aliphatic carbocycles. The fraction of sp³-hybridized carbons (Fsp3) is 0.562. The van der Waals surface area contributed by atoms with Crippen molar-refractivity contribution < 1.29 is 9.53 Å². The summed E-state index contributed by atoms with van der Waals surface area (Å²) in [5, 5.41) is 6.56. The van der Waals surface area contributed by atoms with Gasteiger partial charge in [0.25, 0.3) is 5.91 Å². The van der Waals surface area contributed by atoms with Gasteiger partial charge in [-0.15, -0.1) is 0 Å². The second-order valence-electron chi connectivity index (χ2n) is 5.27. The number of anilines is 1. The lowest BCUT2D eigenvalue weighted by Crippen LogP contribution is -2.28. The maximum Gasteiger partial charge on any atom is 0.253 e. The topological polar surface area (TPSA) is 50.4 Å². The standard InChI is InChI=1S/C16H25ClN2O2/c1-4-18-15-6-5-13(17)11-14(15)16(20)19-8-10-21-9-7-12(2)3/h5-6,11-12,18H,4,7-10H2,1-3H3,(H,19,20). The van der Waals surface area contributed by atoms with Crippen molar-refractivity contribution in [2.45, 2.75) is 27.2 Å². The molecular formula is C16H25ClN2O2. The van der Waals surface area contributed by atoms with E-state index in [1.54, 1.807) is 12.1 Å². The second kappa shape index (κ2) is 9.64. The predicted molar refractivity (Wildman–Crippen MR) is 88.2 cm³/mol. The van der Waals surface area contributed by atoms with Crippen LogP contribution in [0.4, 0.5) is 5.69 Å². The van der Waals surface area contributed by atoms with Crippen LogP contribution in [0.1, 0.15) is 37.6 Å². The van der Waals surface area contributed by atoms with Crippen molar-refractivity contribution in [3.63, 3.8) is 0 Å². The quantitative estimate of drug-likeness (QED) is 0.685. The number of hydrogen-bond acceptors (Lipinski definition) is 3. The molecule has 1 aromatic rings. The highest BCUT2D eigenvalue weighted by atomic mass is 35.5. The van der Waals surface area contributed by atoms with Crippen molar-refractivity contribution >= 4 is 23.2 Å². The number of halogens is 1. The molecule has 1 aromatic carbocycles. The first-order valence-electron chi connectivity index (χ1n) is 7.44. The Morgan fingerprint density at radius 3 is 2.76 bits per heavy atom. The van der Waals surface area contributed by atoms with Crippen LogP contribution in [-0.2, 0) is 4.74 Å². The van der Waals surface area contributed by atoms with E-state index in [4.69, 9.17) is 16.3 Å². The molecule has 0 aliphatic rings. The Bertz CT molecular complexity index is 450. The number of benzene rings is 1. The van der Waals surface area contributed by atoms with Crippen molar-refractivity contribution in [3.8, 4) is 0 Å². The highest BCUT2D eigenvalue weighted by molar-refractivity contribution is 6.31. The summed E-state index contributed by atoms with van der Waals surface area (Å²) in [6.45, 7) is 8.80. The van der Waals surface area contributed by atoms with Crippen molar-refractivity contribution in [1.29, 1.82) is 0 Å². The lowest BCUT2D eigenvalue weighted by Gasteiger charge is -2.12. The molecule has 21 heavy (non-hydrogen) atoms. The number of carbonyl (C=O) groups excluding carboxylic acids is 1. The summed E-state index contributed by atoms with van der Waals surface area (Å²) in [4.78, 5) is 12.2. The number of hydrogen-bond donors (Lipinski definition) is 2. The van der Waals surface area contributed by atoms with Gasteiger partial charge in [-0.1, -0.05) is 25.4 Å². The van der Waals surface area contributed by atoms with Gasteiger partial charge in [0.1, 0.15) is 0 Å². The van der Waals surface area contributed by atoms with Crippen LogP contribution in [0.5, 0.6) is 0 Å². The smallest absolute Gasteiger partial charge is 0.253 e. The van der Waals surface area contributed by atoms with Gasteiger partial charge >= 0.3 is 0 Å². The first-order valence-corrected chi connectivity index (χ1v) is 7.81. The van der Waals surface area contributed by atoms with Crippen LogP contribution in [0.25, 0.3) is 0 Å². The number of ether oxygens (including phenoxy) is 1. The highest BCUT2D eigenvalue weighted by Gasteiger charge is 2.11. The Labute approximate surface area is 132 Å². The molecule has 5 heteroatoms. The fourth-order valence-electron chi connectivity index (χ4n) is 1.80. The third kappa shape index (κ3) is 6.82. The van der Waals surface area contributed by atoms with Gasteiger partial charge in [0.15, 0.2) is 0 Å². The second-order valence-corrected chi connectivity index (χ2v) is 5.71. The van der Waals surface area contributed by atoms with E-state index < -0.39 is 0 Å². The molecule has 0 saturated carbocycles. The van der Waals surface area contributed by atoms with Gasteiger partial charge in [-0.05, 0) is 37.5 Å². The van der Waals surface area contributed by atoms with E-state index in [1.807, 2.05) is 13.0 Å². The average Bonchev–Trinajstić information content (AvgIpc) is 2.44. The average molecular weight is 313 g/mol. The lowest BCUT2D eigenvalue weighted by molar-refractivity contribution is 0.0906. The molecule has 0 aromatic heterocycles. The third-order valence-corrected chi connectivity index (χ3v) is 3.20. The number of rotatable bonds is 9. The minimum Gasteiger partial charge on any atom is -0.385 e. The molecule has 0 fully saturated rings. The zero-order chi connectivity index (χ0) is 15.7. The van der Waals surface area contributed by atoms with Gasteiger partial charge < -0.3 is 15.4 Å². The fourth-order valence-corrected chi connectivity index (χ4v) is 1.97. The zero-order valence-electron chi connectivity index (χ0n) is 13.0. The number of carbonyl (C=O) groups is 1. The minimum atomic E-state index is -0.138. The van der Waals surface area contributed by atoms with E-state index >= 15 is 0 Å². The van der Waals surface area contributed by atoms with Crippen molar-refractivity contribution in [3.05, 3.63) is 28.8 Å². The molecule has 0 heterocycles. The van der Waals surface area contributed by atoms with E-state index in [1.165, 1.54) is 0 Å². The van der Waals surface area contributed by atoms with Crippen LogP contribution in [0.2, 0.25) is 5.02 Å². The molecule has 0 radical (unpaired) electrons. The summed E-state index contributed by atoms with van der Waals surface area (Å²) in [6, 6.07) is 5.26. The molecule has 0 saturated heterocycles. The van der Waals surface area contributed by atoms with Gasteiger partial charge in [0.05, 0.1) is 12.2 Å². The molecule has 1 amide bonds. The SMILES string of the molecule is CCNc1ccc(Cl)cc1C(=O)NCCOCCC(C)C. The summed E-state index contributed by atoms with van der Waals surface area (Å²) in [7, 11) is 0. The number of amides is 1.